The molecule has 102 valence electrons. The van der Waals surface area contributed by atoms with Gasteiger partial charge < -0.3 is 5.32 Å². The number of unbranched alkanes of at least 4 members (excludes halogenated alkanes) is 1. The molecule has 0 fully saturated rings. The minimum absolute atomic E-state index is 0.0172. The van der Waals surface area contributed by atoms with E-state index in [-0.39, 0.29) is 5.91 Å². The number of rotatable bonds is 9. The highest BCUT2D eigenvalue weighted by Crippen LogP contribution is 2.00. The van der Waals surface area contributed by atoms with Crippen LogP contribution in [0.2, 0.25) is 0 Å². The van der Waals surface area contributed by atoms with Crippen LogP contribution < -0.4 is 5.32 Å². The summed E-state index contributed by atoms with van der Waals surface area (Å²) in [6.07, 6.45) is 4.30. The van der Waals surface area contributed by atoms with Crippen LogP contribution in [-0.4, -0.2) is 44.5 Å². The number of nitrogens with zero attached hydrogens (tertiary/aromatic N) is 1. The van der Waals surface area contributed by atoms with E-state index in [1.165, 1.54) is 10.6 Å². The van der Waals surface area contributed by atoms with E-state index in [0.717, 1.165) is 19.3 Å². The number of amides is 1. The lowest BCUT2D eigenvalue weighted by atomic mass is 10.3. The number of hydrogen-bond acceptors (Lipinski definition) is 3. The molecule has 17 heavy (non-hydrogen) atoms. The average molecular weight is 264 g/mol. The third-order valence-corrected chi connectivity index (χ3v) is 3.69. The number of carbonyl (C=O) groups is 1. The molecule has 0 atom stereocenters. The molecule has 1 N–H and O–H groups in total. The summed E-state index contributed by atoms with van der Waals surface area (Å²) in [6, 6.07) is 0. The van der Waals surface area contributed by atoms with Gasteiger partial charge >= 0.3 is 0 Å². The monoisotopic (exact) mass is 264 g/mol. The van der Waals surface area contributed by atoms with E-state index in [2.05, 4.69) is 5.32 Å². The van der Waals surface area contributed by atoms with Crippen molar-refractivity contribution in [2.75, 3.05) is 25.9 Å². The summed E-state index contributed by atoms with van der Waals surface area (Å²) in [5, 5.41) is 2.72. The second-order valence-corrected chi connectivity index (χ2v) is 6.10. The summed E-state index contributed by atoms with van der Waals surface area (Å²) in [6.45, 7) is 5.22. The molecule has 0 spiro atoms. The number of hydrogen-bond donors (Lipinski definition) is 1. The van der Waals surface area contributed by atoms with Gasteiger partial charge in [0.25, 0.3) is 0 Å². The van der Waals surface area contributed by atoms with Crippen molar-refractivity contribution in [2.45, 2.75) is 39.5 Å². The molecule has 0 aromatic carbocycles. The van der Waals surface area contributed by atoms with Gasteiger partial charge in [0.15, 0.2) is 0 Å². The molecule has 0 aromatic heterocycles. The molecule has 0 saturated heterocycles. The van der Waals surface area contributed by atoms with Gasteiger partial charge in [0, 0.05) is 26.1 Å². The van der Waals surface area contributed by atoms with Crippen LogP contribution in [0.3, 0.4) is 0 Å². The third kappa shape index (κ3) is 8.15. The zero-order chi connectivity index (χ0) is 13.3. The first-order valence-electron chi connectivity index (χ1n) is 6.13. The van der Waals surface area contributed by atoms with E-state index < -0.39 is 10.0 Å². The molecule has 0 radical (unpaired) electrons. The molecular formula is C11H24N2O3S. The Morgan fingerprint density at radius 2 is 1.82 bits per heavy atom. The Labute approximate surface area is 105 Å². The maximum Gasteiger partial charge on any atom is 0.220 e. The quantitative estimate of drug-likeness (QED) is 0.674. The summed E-state index contributed by atoms with van der Waals surface area (Å²) in [5.74, 6) is -0.0172. The molecule has 0 rings (SSSR count). The SMILES string of the molecule is CCCCN(CCNC(=O)CCC)S(C)(=O)=O. The highest BCUT2D eigenvalue weighted by Gasteiger charge is 2.15. The molecule has 0 aromatic rings. The highest BCUT2D eigenvalue weighted by molar-refractivity contribution is 7.88. The maximum absolute atomic E-state index is 11.5. The van der Waals surface area contributed by atoms with Gasteiger partial charge in [-0.05, 0) is 12.8 Å². The zero-order valence-electron chi connectivity index (χ0n) is 11.0. The van der Waals surface area contributed by atoms with Gasteiger partial charge in [0.1, 0.15) is 0 Å². The lowest BCUT2D eigenvalue weighted by Gasteiger charge is -2.19. The summed E-state index contributed by atoms with van der Waals surface area (Å²) in [4.78, 5) is 11.2. The smallest absolute Gasteiger partial charge is 0.220 e. The van der Waals surface area contributed by atoms with Gasteiger partial charge in [0.2, 0.25) is 15.9 Å². The van der Waals surface area contributed by atoms with Gasteiger partial charge in [-0.15, -0.1) is 0 Å². The summed E-state index contributed by atoms with van der Waals surface area (Å²) in [7, 11) is -3.17. The molecule has 0 aliphatic rings. The summed E-state index contributed by atoms with van der Waals surface area (Å²) in [5.41, 5.74) is 0. The van der Waals surface area contributed by atoms with E-state index in [0.29, 0.717) is 26.1 Å². The molecule has 0 aliphatic heterocycles. The number of sulfonamides is 1. The Morgan fingerprint density at radius 3 is 2.29 bits per heavy atom. The second kappa shape index (κ2) is 8.47. The Balaban J connectivity index is 4.05. The predicted octanol–water partition coefficient (Wildman–Crippen LogP) is 0.964. The molecule has 0 unspecified atom stereocenters. The van der Waals surface area contributed by atoms with Crippen molar-refractivity contribution in [3.8, 4) is 0 Å². The Morgan fingerprint density at radius 1 is 1.18 bits per heavy atom. The highest BCUT2D eigenvalue weighted by atomic mass is 32.2. The minimum atomic E-state index is -3.17. The first-order valence-corrected chi connectivity index (χ1v) is 7.98. The van der Waals surface area contributed by atoms with Crippen molar-refractivity contribution in [1.82, 2.24) is 9.62 Å². The van der Waals surface area contributed by atoms with Crippen LogP contribution in [-0.2, 0) is 14.8 Å². The Bertz CT molecular complexity index is 315. The van der Waals surface area contributed by atoms with Gasteiger partial charge in [-0.25, -0.2) is 12.7 Å². The van der Waals surface area contributed by atoms with Crippen molar-refractivity contribution >= 4 is 15.9 Å². The number of nitrogens with one attached hydrogen (secondary N) is 1. The first kappa shape index (κ1) is 16.4. The van der Waals surface area contributed by atoms with Crippen molar-refractivity contribution in [1.29, 1.82) is 0 Å². The molecular weight excluding hydrogens is 240 g/mol. The summed E-state index contributed by atoms with van der Waals surface area (Å²) < 4.78 is 24.3. The molecule has 6 heteroatoms. The van der Waals surface area contributed by atoms with Gasteiger partial charge in [-0.2, -0.15) is 0 Å². The molecule has 0 bridgehead atoms. The Kier molecular flexibility index (Phi) is 8.16. The topological polar surface area (TPSA) is 66.5 Å². The van der Waals surface area contributed by atoms with E-state index in [1.807, 2.05) is 13.8 Å². The maximum atomic E-state index is 11.5. The van der Waals surface area contributed by atoms with Crippen LogP contribution in [0.1, 0.15) is 39.5 Å². The third-order valence-electron chi connectivity index (χ3n) is 2.39. The molecule has 0 aliphatic carbocycles. The van der Waals surface area contributed by atoms with Crippen molar-refractivity contribution in [2.24, 2.45) is 0 Å². The van der Waals surface area contributed by atoms with Crippen LogP contribution in [0.15, 0.2) is 0 Å². The van der Waals surface area contributed by atoms with E-state index in [9.17, 15) is 13.2 Å². The fourth-order valence-electron chi connectivity index (χ4n) is 1.41. The van der Waals surface area contributed by atoms with E-state index >= 15 is 0 Å². The largest absolute Gasteiger partial charge is 0.355 e. The fraction of sp³-hybridized carbons (Fsp3) is 0.909. The predicted molar refractivity (Wildman–Crippen MR) is 69.2 cm³/mol. The lowest BCUT2D eigenvalue weighted by molar-refractivity contribution is -0.121. The molecule has 0 saturated carbocycles. The van der Waals surface area contributed by atoms with Crippen LogP contribution in [0.25, 0.3) is 0 Å². The van der Waals surface area contributed by atoms with Gasteiger partial charge in [0.05, 0.1) is 6.26 Å². The fourth-order valence-corrected chi connectivity index (χ4v) is 2.30. The van der Waals surface area contributed by atoms with Gasteiger partial charge in [-0.1, -0.05) is 20.3 Å². The standard InChI is InChI=1S/C11H24N2O3S/c1-4-6-9-13(17(3,15)16)10-8-12-11(14)7-5-2/h4-10H2,1-3H3,(H,12,14). The Hall–Kier alpha value is -0.620. The summed E-state index contributed by atoms with van der Waals surface area (Å²) >= 11 is 0. The average Bonchev–Trinajstić information content (AvgIpc) is 2.21. The normalized spacial score (nSPS) is 11.8. The zero-order valence-corrected chi connectivity index (χ0v) is 11.8. The van der Waals surface area contributed by atoms with E-state index in [4.69, 9.17) is 0 Å². The van der Waals surface area contributed by atoms with Crippen LogP contribution >= 0.6 is 0 Å². The van der Waals surface area contributed by atoms with Crippen LogP contribution in [0.4, 0.5) is 0 Å². The van der Waals surface area contributed by atoms with Crippen LogP contribution in [0.5, 0.6) is 0 Å². The van der Waals surface area contributed by atoms with Crippen molar-refractivity contribution < 1.29 is 13.2 Å². The molecule has 1 amide bonds. The minimum Gasteiger partial charge on any atom is -0.355 e. The molecule has 0 heterocycles. The van der Waals surface area contributed by atoms with Crippen molar-refractivity contribution in [3.05, 3.63) is 0 Å². The van der Waals surface area contributed by atoms with Crippen LogP contribution in [0, 0.1) is 0 Å². The number of carbonyl (C=O) groups excluding carboxylic acids is 1. The lowest BCUT2D eigenvalue weighted by Crippen LogP contribution is -2.38. The van der Waals surface area contributed by atoms with Crippen molar-refractivity contribution in [3.63, 3.8) is 0 Å². The molecule has 5 nitrogen and oxygen atoms in total. The first-order chi connectivity index (χ1) is 7.91. The van der Waals surface area contributed by atoms with E-state index in [1.54, 1.807) is 0 Å². The second-order valence-electron chi connectivity index (χ2n) is 4.12. The van der Waals surface area contributed by atoms with Gasteiger partial charge in [-0.3, -0.25) is 4.79 Å².